The normalized spacial score (nSPS) is 16.7. The van der Waals surface area contributed by atoms with Crippen LogP contribution in [0.25, 0.3) is 0 Å². The molecule has 7 heteroatoms. The highest BCUT2D eigenvalue weighted by molar-refractivity contribution is 7.15. The van der Waals surface area contributed by atoms with Crippen molar-refractivity contribution in [2.45, 2.75) is 45.6 Å². The fourth-order valence-corrected chi connectivity index (χ4v) is 2.84. The zero-order chi connectivity index (χ0) is 18.3. The number of rotatable bonds is 8. The third-order valence-electron chi connectivity index (χ3n) is 3.82. The van der Waals surface area contributed by atoms with Crippen molar-refractivity contribution in [3.8, 4) is 5.19 Å². The van der Waals surface area contributed by atoms with Crippen molar-refractivity contribution in [2.75, 3.05) is 19.8 Å². The van der Waals surface area contributed by atoms with Gasteiger partial charge in [0.15, 0.2) is 0 Å². The molecule has 138 valence electrons. The Hall–Kier alpha value is -1.86. The van der Waals surface area contributed by atoms with E-state index in [0.29, 0.717) is 29.9 Å². The highest BCUT2D eigenvalue weighted by atomic mass is 32.1. The molecule has 0 bridgehead atoms. The number of carbonyl (C=O) groups excluding carboxylic acids is 1. The van der Waals surface area contributed by atoms with Gasteiger partial charge in [0, 0.05) is 12.1 Å². The first-order valence-electron chi connectivity index (χ1n) is 8.48. The molecular weight excluding hydrogens is 338 g/mol. The van der Waals surface area contributed by atoms with Gasteiger partial charge >= 0.3 is 0 Å². The molecule has 25 heavy (non-hydrogen) atoms. The predicted octanol–water partition coefficient (Wildman–Crippen LogP) is 3.54. The summed E-state index contributed by atoms with van der Waals surface area (Å²) in [5.74, 6) is 0.646. The van der Waals surface area contributed by atoms with E-state index in [0.717, 1.165) is 25.0 Å². The Balaban J connectivity index is 1.78. The first-order valence-corrected chi connectivity index (χ1v) is 9.30. The minimum Gasteiger partial charge on any atom is -0.478 e. The Morgan fingerprint density at radius 3 is 3.00 bits per heavy atom. The first-order chi connectivity index (χ1) is 11.9. The molecule has 6 nitrogen and oxygen atoms in total. The summed E-state index contributed by atoms with van der Waals surface area (Å²) in [6.07, 6.45) is 7.93. The molecule has 0 aliphatic carbocycles. The third kappa shape index (κ3) is 6.17. The molecule has 1 aromatic heterocycles. The van der Waals surface area contributed by atoms with E-state index >= 15 is 0 Å². The van der Waals surface area contributed by atoms with E-state index in [1.807, 2.05) is 6.08 Å². The molecule has 1 aliphatic rings. The van der Waals surface area contributed by atoms with Crippen LogP contribution in [0.15, 0.2) is 30.9 Å². The van der Waals surface area contributed by atoms with Crippen molar-refractivity contribution < 1.29 is 14.3 Å². The van der Waals surface area contributed by atoms with Crippen molar-refractivity contribution >= 4 is 17.2 Å². The van der Waals surface area contributed by atoms with Crippen molar-refractivity contribution in [1.29, 1.82) is 0 Å². The third-order valence-corrected chi connectivity index (χ3v) is 4.71. The second-order valence-electron chi connectivity index (χ2n) is 6.87. The standard InChI is InChI=1S/C18H27N3O3S/c1-5-6-7-8-9-19-16(22)15-10-20-17(25-15)23-12-14-11-21(13-24-14)18(2,3)4/h5,10,12H,1,6-9,11,13H2,2-4H3,(H,19,22). The van der Waals surface area contributed by atoms with Crippen LogP contribution in [0.3, 0.4) is 0 Å². The number of nitrogens with one attached hydrogen (secondary N) is 1. The zero-order valence-electron chi connectivity index (χ0n) is 15.2. The molecule has 2 heterocycles. The second kappa shape index (κ2) is 9.01. The van der Waals surface area contributed by atoms with Crippen molar-refractivity contribution in [1.82, 2.24) is 15.2 Å². The number of hydrogen-bond acceptors (Lipinski definition) is 6. The van der Waals surface area contributed by atoms with E-state index in [9.17, 15) is 4.79 Å². The van der Waals surface area contributed by atoms with Gasteiger partial charge in [0.05, 0.1) is 12.7 Å². The molecule has 0 saturated carbocycles. The van der Waals surface area contributed by atoms with Gasteiger partial charge in [-0.25, -0.2) is 4.98 Å². The van der Waals surface area contributed by atoms with Crippen LogP contribution in [0.2, 0.25) is 0 Å². The van der Waals surface area contributed by atoms with E-state index in [2.05, 4.69) is 42.6 Å². The van der Waals surface area contributed by atoms with Gasteiger partial charge in [0.1, 0.15) is 23.6 Å². The maximum absolute atomic E-state index is 12.0. The van der Waals surface area contributed by atoms with Crippen molar-refractivity contribution in [2.24, 2.45) is 0 Å². The lowest BCUT2D eigenvalue weighted by Crippen LogP contribution is -2.39. The Morgan fingerprint density at radius 1 is 1.52 bits per heavy atom. The molecule has 2 rings (SSSR count). The molecule has 0 radical (unpaired) electrons. The molecule has 0 unspecified atom stereocenters. The van der Waals surface area contributed by atoms with Gasteiger partial charge in [-0.05, 0) is 40.0 Å². The highest BCUT2D eigenvalue weighted by Gasteiger charge is 2.28. The van der Waals surface area contributed by atoms with Gasteiger partial charge in [-0.15, -0.1) is 6.58 Å². The minimum atomic E-state index is -0.116. The van der Waals surface area contributed by atoms with Crippen LogP contribution < -0.4 is 10.1 Å². The van der Waals surface area contributed by atoms with Crippen molar-refractivity contribution in [3.05, 3.63) is 35.8 Å². The molecule has 1 aromatic rings. The zero-order valence-corrected chi connectivity index (χ0v) is 16.0. The SMILES string of the molecule is C=CCCCCNC(=O)c1cnc(OC=C2CN(C(C)(C)C)CO2)s1. The topological polar surface area (TPSA) is 63.7 Å². The van der Waals surface area contributed by atoms with Gasteiger partial charge in [0.2, 0.25) is 0 Å². The van der Waals surface area contributed by atoms with Gasteiger partial charge in [-0.3, -0.25) is 9.69 Å². The second-order valence-corrected chi connectivity index (χ2v) is 7.87. The van der Waals surface area contributed by atoms with Gasteiger partial charge in [-0.1, -0.05) is 17.4 Å². The largest absolute Gasteiger partial charge is 0.478 e. The van der Waals surface area contributed by atoms with E-state index in [-0.39, 0.29) is 11.4 Å². The number of aromatic nitrogens is 1. The smallest absolute Gasteiger partial charge is 0.278 e. The average molecular weight is 365 g/mol. The fraction of sp³-hybridized carbons (Fsp3) is 0.556. The minimum absolute atomic E-state index is 0.0493. The molecule has 1 saturated heterocycles. The number of amides is 1. The van der Waals surface area contributed by atoms with Crippen LogP contribution in [0.4, 0.5) is 0 Å². The van der Waals surface area contributed by atoms with E-state index in [4.69, 9.17) is 9.47 Å². The Kier molecular flexibility index (Phi) is 7.01. The molecule has 1 amide bonds. The van der Waals surface area contributed by atoms with Crippen LogP contribution in [-0.2, 0) is 4.74 Å². The molecule has 0 atom stereocenters. The van der Waals surface area contributed by atoms with Crippen molar-refractivity contribution in [3.63, 3.8) is 0 Å². The number of nitrogens with zero attached hydrogens (tertiary/aromatic N) is 2. The highest BCUT2D eigenvalue weighted by Crippen LogP contribution is 2.24. The summed E-state index contributed by atoms with van der Waals surface area (Å²) in [5.41, 5.74) is 0.0493. The first kappa shape index (κ1) is 19.5. The van der Waals surface area contributed by atoms with Gasteiger partial charge in [-0.2, -0.15) is 0 Å². The molecule has 1 aliphatic heterocycles. The lowest BCUT2D eigenvalue weighted by molar-refractivity contribution is 0.0943. The summed E-state index contributed by atoms with van der Waals surface area (Å²) in [7, 11) is 0. The lowest BCUT2D eigenvalue weighted by Gasteiger charge is -2.28. The van der Waals surface area contributed by atoms with E-state index in [1.54, 1.807) is 6.26 Å². The summed E-state index contributed by atoms with van der Waals surface area (Å²) in [6.45, 7) is 12.0. The number of thiazole rings is 1. The molecule has 1 N–H and O–H groups in total. The molecule has 1 fully saturated rings. The summed E-state index contributed by atoms with van der Waals surface area (Å²) in [5, 5.41) is 3.32. The summed E-state index contributed by atoms with van der Waals surface area (Å²) in [6, 6.07) is 0. The van der Waals surface area contributed by atoms with E-state index < -0.39 is 0 Å². The quantitative estimate of drug-likeness (QED) is 0.434. The predicted molar refractivity (Wildman–Crippen MR) is 99.6 cm³/mol. The molecule has 0 aromatic carbocycles. The van der Waals surface area contributed by atoms with Crippen LogP contribution in [0, 0.1) is 0 Å². The summed E-state index contributed by atoms with van der Waals surface area (Å²) < 4.78 is 11.1. The molecule has 0 spiro atoms. The van der Waals surface area contributed by atoms with Crippen LogP contribution in [0.5, 0.6) is 5.19 Å². The monoisotopic (exact) mass is 365 g/mol. The maximum atomic E-state index is 12.0. The van der Waals surface area contributed by atoms with Gasteiger partial charge < -0.3 is 14.8 Å². The number of ether oxygens (including phenoxy) is 2. The summed E-state index contributed by atoms with van der Waals surface area (Å²) >= 11 is 1.22. The Bertz CT molecular complexity index is 619. The number of hydrogen-bond donors (Lipinski definition) is 1. The molecular formula is C18H27N3O3S. The van der Waals surface area contributed by atoms with Crippen LogP contribution >= 0.6 is 11.3 Å². The Morgan fingerprint density at radius 2 is 2.32 bits per heavy atom. The van der Waals surface area contributed by atoms with Crippen LogP contribution in [-0.4, -0.2) is 41.2 Å². The maximum Gasteiger partial charge on any atom is 0.278 e. The van der Waals surface area contributed by atoms with E-state index in [1.165, 1.54) is 17.5 Å². The number of carbonyl (C=O) groups is 1. The fourth-order valence-electron chi connectivity index (χ4n) is 2.18. The number of unbranched alkanes of at least 4 members (excludes halogenated alkanes) is 2. The Labute approximate surface area is 153 Å². The lowest BCUT2D eigenvalue weighted by atomic mass is 10.1. The number of allylic oxidation sites excluding steroid dienone is 1. The summed E-state index contributed by atoms with van der Waals surface area (Å²) in [4.78, 5) is 18.9. The van der Waals surface area contributed by atoms with Gasteiger partial charge in [0.25, 0.3) is 11.1 Å². The average Bonchev–Trinajstić information content (AvgIpc) is 3.21. The van der Waals surface area contributed by atoms with Crippen LogP contribution in [0.1, 0.15) is 49.7 Å².